The number of Topliss-reactive ketones (excluding diaryl/α,β-unsaturated/α-hetero) is 1. The van der Waals surface area contributed by atoms with E-state index in [9.17, 15) is 37.5 Å². The number of hydrazine groups is 1. The maximum atomic E-state index is 14.2. The van der Waals surface area contributed by atoms with Crippen LogP contribution >= 0.6 is 11.6 Å². The third kappa shape index (κ3) is 4.32. The van der Waals surface area contributed by atoms with Crippen molar-refractivity contribution >= 4 is 51.6 Å². The summed E-state index contributed by atoms with van der Waals surface area (Å²) in [7, 11) is 1.24. The average molecular weight is 648 g/mol. The molecule has 0 bridgehead atoms. The van der Waals surface area contributed by atoms with E-state index >= 15 is 0 Å². The lowest BCUT2D eigenvalue weighted by Gasteiger charge is -2.42. The van der Waals surface area contributed by atoms with Crippen molar-refractivity contribution < 1.29 is 37.5 Å². The highest BCUT2D eigenvalue weighted by molar-refractivity contribution is 6.33. The topological polar surface area (TPSA) is 108 Å². The number of aromatic hydroxyl groups is 1. The molecule has 4 aliphatic rings. The number of hydrogen-bond acceptors (Lipinski definition) is 7. The van der Waals surface area contributed by atoms with Crippen LogP contribution in [-0.4, -0.2) is 45.5 Å². The molecule has 3 aliphatic carbocycles. The summed E-state index contributed by atoms with van der Waals surface area (Å²) >= 11 is 6.21. The molecular formula is C34H25ClF3N3O5. The predicted molar refractivity (Wildman–Crippen MR) is 161 cm³/mol. The highest BCUT2D eigenvalue weighted by Crippen LogP contribution is 2.57. The Kier molecular flexibility index (Phi) is 6.75. The lowest BCUT2D eigenvalue weighted by atomic mass is 9.59. The maximum absolute atomic E-state index is 14.2. The first-order chi connectivity index (χ1) is 21.8. The van der Waals surface area contributed by atoms with E-state index in [1.165, 1.54) is 26.1 Å². The number of phenolic OH excluding ortho intramolecular Hbond substituents is 1. The molecule has 1 N–H and O–H groups in total. The molecule has 2 aromatic carbocycles. The van der Waals surface area contributed by atoms with Gasteiger partial charge in [-0.15, -0.1) is 0 Å². The molecule has 2 heterocycles. The van der Waals surface area contributed by atoms with Crippen LogP contribution < -0.4 is 5.01 Å². The molecule has 1 fully saturated rings. The van der Waals surface area contributed by atoms with Crippen LogP contribution in [0.4, 0.5) is 19.0 Å². The minimum Gasteiger partial charge on any atom is -0.508 e. The monoisotopic (exact) mass is 647 g/mol. The molecule has 12 heteroatoms. The largest absolute Gasteiger partial charge is 0.508 e. The first-order valence-electron chi connectivity index (χ1n) is 14.6. The van der Waals surface area contributed by atoms with Gasteiger partial charge in [-0.05, 0) is 60.7 Å². The lowest BCUT2D eigenvalue weighted by molar-refractivity contribution is -0.141. The second-order valence-corrected chi connectivity index (χ2v) is 12.4. The van der Waals surface area contributed by atoms with Crippen LogP contribution in [-0.2, 0) is 25.4 Å². The number of carbonyl (C=O) groups excluding carboxylic acids is 4. The van der Waals surface area contributed by atoms with Gasteiger partial charge in [0.05, 0.1) is 16.9 Å². The Balaban J connectivity index is 1.36. The third-order valence-corrected chi connectivity index (χ3v) is 9.79. The van der Waals surface area contributed by atoms with Crippen molar-refractivity contribution in [3.05, 3.63) is 99.3 Å². The number of nitrogens with zero attached hydrogens (tertiary/aromatic N) is 3. The van der Waals surface area contributed by atoms with E-state index in [1.807, 2.05) is 18.2 Å². The van der Waals surface area contributed by atoms with E-state index in [0.29, 0.717) is 22.6 Å². The molecule has 4 atom stereocenters. The van der Waals surface area contributed by atoms with Crippen molar-refractivity contribution in [2.75, 3.05) is 12.1 Å². The number of allylic oxidation sites excluding steroid dienone is 6. The minimum atomic E-state index is -4.79. The van der Waals surface area contributed by atoms with Crippen LogP contribution in [0, 0.1) is 17.8 Å². The molecule has 1 saturated heterocycles. The third-order valence-electron chi connectivity index (χ3n) is 9.50. The Morgan fingerprint density at radius 2 is 1.74 bits per heavy atom. The van der Waals surface area contributed by atoms with Gasteiger partial charge in [0, 0.05) is 35.2 Å². The first kappa shape index (κ1) is 29.9. The summed E-state index contributed by atoms with van der Waals surface area (Å²) in [4.78, 5) is 58.9. The quantitative estimate of drug-likeness (QED) is 0.208. The van der Waals surface area contributed by atoms with E-state index in [1.54, 1.807) is 18.2 Å². The number of carbonyl (C=O) groups is 4. The van der Waals surface area contributed by atoms with Crippen LogP contribution in [0.3, 0.4) is 0 Å². The number of halogens is 4. The lowest BCUT2D eigenvalue weighted by Crippen LogP contribution is -2.46. The van der Waals surface area contributed by atoms with Crippen LogP contribution in [0.5, 0.6) is 5.75 Å². The van der Waals surface area contributed by atoms with E-state index in [4.69, 9.17) is 11.6 Å². The average Bonchev–Trinajstić information content (AvgIpc) is 3.27. The molecule has 46 heavy (non-hydrogen) atoms. The predicted octanol–water partition coefficient (Wildman–Crippen LogP) is 6.09. The SMILES string of the molecule is CC1=CC(=O)C2=C(CC3C(=CCC4C(=O)N(N(C)c5nc(C(F)(F)F)ccc5Cl)C(=O)C43)C2c2c(O)ccc3ccccc23)C1=O. The Hall–Kier alpha value is -4.77. The highest BCUT2D eigenvalue weighted by Gasteiger charge is 2.58. The van der Waals surface area contributed by atoms with Gasteiger partial charge in [-0.3, -0.25) is 24.2 Å². The van der Waals surface area contributed by atoms with Gasteiger partial charge in [-0.25, -0.2) is 4.98 Å². The van der Waals surface area contributed by atoms with Crippen molar-refractivity contribution in [2.45, 2.75) is 31.9 Å². The molecule has 234 valence electrons. The van der Waals surface area contributed by atoms with E-state index in [-0.39, 0.29) is 51.9 Å². The van der Waals surface area contributed by atoms with Crippen molar-refractivity contribution in [3.63, 3.8) is 0 Å². The minimum absolute atomic E-state index is 0.000740. The van der Waals surface area contributed by atoms with Gasteiger partial charge in [0.25, 0.3) is 11.8 Å². The number of phenols is 1. The Morgan fingerprint density at radius 3 is 2.48 bits per heavy atom. The zero-order valence-corrected chi connectivity index (χ0v) is 25.2. The Labute approximate surface area is 265 Å². The van der Waals surface area contributed by atoms with Crippen LogP contribution in [0.15, 0.2) is 83.0 Å². The molecule has 7 rings (SSSR count). The molecular weight excluding hydrogens is 623 g/mol. The number of benzene rings is 2. The maximum Gasteiger partial charge on any atom is 0.433 e. The summed E-state index contributed by atoms with van der Waals surface area (Å²) in [5.41, 5.74) is 0.493. The summed E-state index contributed by atoms with van der Waals surface area (Å²) < 4.78 is 40.5. The summed E-state index contributed by atoms with van der Waals surface area (Å²) in [5.74, 6) is -6.05. The molecule has 2 amide bonds. The Bertz CT molecular complexity index is 2020. The van der Waals surface area contributed by atoms with E-state index in [2.05, 4.69) is 4.98 Å². The van der Waals surface area contributed by atoms with Crippen molar-refractivity contribution in [1.29, 1.82) is 0 Å². The van der Waals surface area contributed by atoms with Gasteiger partial charge in [0.2, 0.25) is 0 Å². The van der Waals surface area contributed by atoms with Crippen LogP contribution in [0.2, 0.25) is 5.02 Å². The van der Waals surface area contributed by atoms with Crippen molar-refractivity contribution in [1.82, 2.24) is 9.99 Å². The summed E-state index contributed by atoms with van der Waals surface area (Å²) in [5, 5.41) is 14.2. The summed E-state index contributed by atoms with van der Waals surface area (Å²) in [6.07, 6.45) is -1.61. The number of amides is 2. The fraction of sp³-hybridized carbons (Fsp3) is 0.265. The fourth-order valence-electron chi connectivity index (χ4n) is 7.49. The number of anilines is 1. The first-order valence-corrected chi connectivity index (χ1v) is 14.9. The molecule has 4 unspecified atom stereocenters. The molecule has 1 aromatic heterocycles. The number of imide groups is 1. The van der Waals surface area contributed by atoms with Gasteiger partial charge in [0.15, 0.2) is 17.4 Å². The molecule has 8 nitrogen and oxygen atoms in total. The number of hydrogen-bond donors (Lipinski definition) is 1. The molecule has 0 saturated carbocycles. The number of rotatable bonds is 3. The van der Waals surface area contributed by atoms with E-state index < -0.39 is 53.2 Å². The van der Waals surface area contributed by atoms with Crippen LogP contribution in [0.1, 0.15) is 36.9 Å². The van der Waals surface area contributed by atoms with Gasteiger partial charge in [-0.2, -0.15) is 18.2 Å². The number of fused-ring (bicyclic) bond motifs is 4. The zero-order chi connectivity index (χ0) is 32.8. The molecule has 0 spiro atoms. The summed E-state index contributed by atoms with van der Waals surface area (Å²) in [6, 6.07) is 12.3. The smallest absolute Gasteiger partial charge is 0.433 e. The van der Waals surface area contributed by atoms with E-state index in [0.717, 1.165) is 21.5 Å². The molecule has 0 radical (unpaired) electrons. The van der Waals surface area contributed by atoms with Gasteiger partial charge < -0.3 is 5.11 Å². The second kappa shape index (κ2) is 10.4. The molecule has 3 aromatic rings. The normalized spacial score (nSPS) is 24.5. The van der Waals surface area contributed by atoms with Gasteiger partial charge in [-0.1, -0.05) is 53.6 Å². The Morgan fingerprint density at radius 1 is 1.00 bits per heavy atom. The van der Waals surface area contributed by atoms with Crippen molar-refractivity contribution in [2.24, 2.45) is 17.8 Å². The molecule has 1 aliphatic heterocycles. The number of aromatic nitrogens is 1. The van der Waals surface area contributed by atoms with Crippen molar-refractivity contribution in [3.8, 4) is 5.75 Å². The summed E-state index contributed by atoms with van der Waals surface area (Å²) in [6.45, 7) is 1.54. The second-order valence-electron chi connectivity index (χ2n) is 12.0. The van der Waals surface area contributed by atoms with Gasteiger partial charge in [0.1, 0.15) is 11.4 Å². The zero-order valence-electron chi connectivity index (χ0n) is 24.4. The number of ketones is 2. The fourth-order valence-corrected chi connectivity index (χ4v) is 7.72. The van der Waals surface area contributed by atoms with Crippen LogP contribution in [0.25, 0.3) is 10.8 Å². The standard InChI is InChI=1S/C34H25ClF3N3O5/c1-15-13-24(43)28-21(30(15)44)14-20-18(29(28)27-17-6-4-3-5-16(17)7-11-23(27)42)8-9-19-26(20)33(46)41(32(19)45)40(2)31-22(35)10-12-25(39-31)34(36,37)38/h3-8,10-13,19-20,26,29,42H,9,14H2,1-2H3. The number of pyridine rings is 1. The highest BCUT2D eigenvalue weighted by atomic mass is 35.5. The number of alkyl halides is 3. The van der Waals surface area contributed by atoms with Gasteiger partial charge >= 0.3 is 6.18 Å².